The summed E-state index contributed by atoms with van der Waals surface area (Å²) in [5, 5.41) is 0.277. The minimum Gasteiger partial charge on any atom is -0.0848 e. The summed E-state index contributed by atoms with van der Waals surface area (Å²) in [6.07, 6.45) is 3.55. The van der Waals surface area contributed by atoms with Gasteiger partial charge in [0, 0.05) is 0 Å². The van der Waals surface area contributed by atoms with Crippen molar-refractivity contribution in [3.05, 3.63) is 11.1 Å². The van der Waals surface area contributed by atoms with Crippen LogP contribution in [0, 0.1) is 0 Å². The maximum absolute atomic E-state index is 5.60. The first-order valence-corrected chi connectivity index (χ1v) is 4.42. The van der Waals surface area contributed by atoms with Crippen LogP contribution < -0.4 is 0 Å². The lowest BCUT2D eigenvalue weighted by molar-refractivity contribution is 0.952. The minimum atomic E-state index is -1.45. The highest BCUT2D eigenvalue weighted by atomic mass is 35.6. The van der Waals surface area contributed by atoms with E-state index in [9.17, 15) is 0 Å². The third kappa shape index (κ3) is 4.68. The smallest absolute Gasteiger partial charge is 0.0848 e. The summed E-state index contributed by atoms with van der Waals surface area (Å²) < 4.78 is -1.45. The molecule has 0 unspecified atom stereocenters. The van der Waals surface area contributed by atoms with E-state index in [1.807, 2.05) is 6.92 Å². The summed E-state index contributed by atoms with van der Waals surface area (Å²) in [5.41, 5.74) is 0. The fraction of sp³-hybridized carbons (Fsp3) is 0.667. The van der Waals surface area contributed by atoms with Crippen LogP contribution in [0.15, 0.2) is 11.1 Å². The molecule has 4 heteroatoms. The summed E-state index contributed by atoms with van der Waals surface area (Å²) in [5.74, 6) is 0. The quantitative estimate of drug-likeness (QED) is 0.611. The molecule has 0 aromatic rings. The van der Waals surface area contributed by atoms with Crippen LogP contribution in [0.5, 0.6) is 0 Å². The van der Waals surface area contributed by atoms with Crippen LogP contribution in [-0.4, -0.2) is 3.79 Å². The second-order valence-corrected chi connectivity index (χ2v) is 4.53. The van der Waals surface area contributed by atoms with Crippen molar-refractivity contribution in [3.63, 3.8) is 0 Å². The van der Waals surface area contributed by atoms with Crippen LogP contribution >= 0.6 is 46.4 Å². The average molecular weight is 222 g/mol. The lowest BCUT2D eigenvalue weighted by atomic mass is 10.3. The molecule has 0 aliphatic rings. The number of unbranched alkanes of at least 4 members (excludes halogenated alkanes) is 1. The third-order valence-electron chi connectivity index (χ3n) is 0.883. The standard InChI is InChI=1S/C6H8Cl4/c1-2-3-4-5(7)6(8,9)10/h4H,2-3H2,1H3. The molecular formula is C6H8Cl4. The summed E-state index contributed by atoms with van der Waals surface area (Å²) in [6.45, 7) is 2.03. The van der Waals surface area contributed by atoms with Crippen molar-refractivity contribution in [3.8, 4) is 0 Å². The van der Waals surface area contributed by atoms with E-state index in [0.717, 1.165) is 12.8 Å². The molecule has 0 rings (SSSR count). The van der Waals surface area contributed by atoms with E-state index in [4.69, 9.17) is 46.4 Å². The Bertz CT molecular complexity index is 122. The van der Waals surface area contributed by atoms with Gasteiger partial charge in [-0.15, -0.1) is 0 Å². The van der Waals surface area contributed by atoms with Gasteiger partial charge in [0.2, 0.25) is 3.79 Å². The molecule has 0 spiro atoms. The lowest BCUT2D eigenvalue weighted by Gasteiger charge is -2.07. The van der Waals surface area contributed by atoms with Gasteiger partial charge in [-0.25, -0.2) is 0 Å². The van der Waals surface area contributed by atoms with Gasteiger partial charge in [0.15, 0.2) is 0 Å². The minimum absolute atomic E-state index is 0.277. The topological polar surface area (TPSA) is 0 Å². The second kappa shape index (κ2) is 4.71. The molecule has 10 heavy (non-hydrogen) atoms. The van der Waals surface area contributed by atoms with E-state index < -0.39 is 3.79 Å². The Labute approximate surface area is 81.1 Å². The average Bonchev–Trinajstić information content (AvgIpc) is 1.80. The van der Waals surface area contributed by atoms with Crippen LogP contribution in [0.25, 0.3) is 0 Å². The molecule has 0 aliphatic heterocycles. The maximum Gasteiger partial charge on any atom is 0.226 e. The van der Waals surface area contributed by atoms with Gasteiger partial charge in [0.05, 0.1) is 5.03 Å². The van der Waals surface area contributed by atoms with E-state index >= 15 is 0 Å². The number of allylic oxidation sites excluding steroid dienone is 2. The summed E-state index contributed by atoms with van der Waals surface area (Å²) >= 11 is 22.0. The molecule has 0 saturated heterocycles. The zero-order chi connectivity index (χ0) is 8.20. The van der Waals surface area contributed by atoms with Crippen molar-refractivity contribution in [2.45, 2.75) is 23.6 Å². The van der Waals surface area contributed by atoms with E-state index in [0.29, 0.717) is 0 Å². The number of halogens is 4. The SMILES string of the molecule is CCCC=C(Cl)C(Cl)(Cl)Cl. The molecular weight excluding hydrogens is 214 g/mol. The van der Waals surface area contributed by atoms with Crippen molar-refractivity contribution in [2.75, 3.05) is 0 Å². The monoisotopic (exact) mass is 220 g/mol. The number of rotatable bonds is 2. The van der Waals surface area contributed by atoms with Gasteiger partial charge in [0.1, 0.15) is 0 Å². The summed E-state index contributed by atoms with van der Waals surface area (Å²) in [6, 6.07) is 0. The summed E-state index contributed by atoms with van der Waals surface area (Å²) in [7, 11) is 0. The van der Waals surface area contributed by atoms with Crippen LogP contribution in [-0.2, 0) is 0 Å². The number of hydrogen-bond donors (Lipinski definition) is 0. The van der Waals surface area contributed by atoms with Crippen LogP contribution in [0.3, 0.4) is 0 Å². The van der Waals surface area contributed by atoms with Crippen molar-refractivity contribution in [1.82, 2.24) is 0 Å². The maximum atomic E-state index is 5.60. The first-order chi connectivity index (χ1) is 4.48. The fourth-order valence-corrected chi connectivity index (χ4v) is 0.727. The zero-order valence-corrected chi connectivity index (χ0v) is 8.53. The van der Waals surface area contributed by atoms with Gasteiger partial charge in [-0.2, -0.15) is 0 Å². The molecule has 0 aromatic heterocycles. The fourth-order valence-electron chi connectivity index (χ4n) is 0.387. The molecule has 0 N–H and O–H groups in total. The van der Waals surface area contributed by atoms with Gasteiger partial charge in [-0.05, 0) is 6.42 Å². The Kier molecular flexibility index (Phi) is 5.14. The molecule has 0 atom stereocenters. The van der Waals surface area contributed by atoms with E-state index in [-0.39, 0.29) is 5.03 Å². The van der Waals surface area contributed by atoms with Gasteiger partial charge in [-0.1, -0.05) is 65.8 Å². The number of alkyl halides is 3. The van der Waals surface area contributed by atoms with E-state index in [1.165, 1.54) is 0 Å². The predicted molar refractivity (Wildman–Crippen MR) is 49.1 cm³/mol. The molecule has 0 aromatic carbocycles. The molecule has 0 nitrogen and oxygen atoms in total. The normalized spacial score (nSPS) is 13.9. The van der Waals surface area contributed by atoms with Crippen LogP contribution in [0.1, 0.15) is 19.8 Å². The van der Waals surface area contributed by atoms with Crippen LogP contribution in [0.2, 0.25) is 0 Å². The Balaban J connectivity index is 3.93. The van der Waals surface area contributed by atoms with Crippen molar-refractivity contribution < 1.29 is 0 Å². The second-order valence-electron chi connectivity index (χ2n) is 1.84. The first-order valence-electron chi connectivity index (χ1n) is 2.91. The van der Waals surface area contributed by atoms with Gasteiger partial charge >= 0.3 is 0 Å². The predicted octanol–water partition coefficient (Wildman–Crippen LogP) is 4.28. The van der Waals surface area contributed by atoms with Crippen molar-refractivity contribution in [2.24, 2.45) is 0 Å². The third-order valence-corrected chi connectivity index (χ3v) is 2.22. The molecule has 0 saturated carbocycles. The van der Waals surface area contributed by atoms with E-state index in [2.05, 4.69) is 0 Å². The Morgan fingerprint density at radius 1 is 1.40 bits per heavy atom. The lowest BCUT2D eigenvalue weighted by Crippen LogP contribution is -2.00. The molecule has 0 aliphatic carbocycles. The Morgan fingerprint density at radius 3 is 2.20 bits per heavy atom. The van der Waals surface area contributed by atoms with Crippen molar-refractivity contribution >= 4 is 46.4 Å². The first kappa shape index (κ1) is 10.9. The molecule has 0 amide bonds. The highest BCUT2D eigenvalue weighted by Crippen LogP contribution is 2.37. The highest BCUT2D eigenvalue weighted by Gasteiger charge is 2.23. The summed E-state index contributed by atoms with van der Waals surface area (Å²) in [4.78, 5) is 0. The molecule has 0 heterocycles. The largest absolute Gasteiger partial charge is 0.226 e. The Hall–Kier alpha value is 0.900. The van der Waals surface area contributed by atoms with Gasteiger partial charge in [0.25, 0.3) is 0 Å². The molecule has 60 valence electrons. The van der Waals surface area contributed by atoms with Gasteiger partial charge in [-0.3, -0.25) is 0 Å². The number of hydrogen-bond acceptors (Lipinski definition) is 0. The van der Waals surface area contributed by atoms with Crippen molar-refractivity contribution in [1.29, 1.82) is 0 Å². The molecule has 0 radical (unpaired) electrons. The molecule has 0 bridgehead atoms. The van der Waals surface area contributed by atoms with Gasteiger partial charge < -0.3 is 0 Å². The van der Waals surface area contributed by atoms with E-state index in [1.54, 1.807) is 6.08 Å². The molecule has 0 fully saturated rings. The Morgan fingerprint density at radius 2 is 1.90 bits per heavy atom. The highest BCUT2D eigenvalue weighted by molar-refractivity contribution is 6.72. The van der Waals surface area contributed by atoms with Crippen LogP contribution in [0.4, 0.5) is 0 Å². The zero-order valence-electron chi connectivity index (χ0n) is 5.50.